The minimum Gasteiger partial charge on any atom is -0.495 e. The summed E-state index contributed by atoms with van der Waals surface area (Å²) >= 11 is 6.09. The Kier molecular flexibility index (Phi) is 4.56. The molecule has 0 radical (unpaired) electrons. The van der Waals surface area contributed by atoms with E-state index in [0.717, 1.165) is 0 Å². The van der Waals surface area contributed by atoms with Gasteiger partial charge in [0.1, 0.15) is 11.5 Å². The van der Waals surface area contributed by atoms with Gasteiger partial charge < -0.3 is 24.6 Å². The summed E-state index contributed by atoms with van der Waals surface area (Å²) < 4.78 is 16.0. The standard InChI is InChI=1S/C16H18ClNO6/c1-22-11-6-12(23-2)8(5-7(11)17)18-15(19)13-9-3-4-10(24-9)14(13)16(20)21/h5-6,9-10,13-14H,3-4H2,1-2H3,(H,18,19)(H,20,21)/t9-,10-,13-,14-/m1/s1. The van der Waals surface area contributed by atoms with E-state index >= 15 is 0 Å². The van der Waals surface area contributed by atoms with E-state index in [2.05, 4.69) is 5.32 Å². The van der Waals surface area contributed by atoms with Crippen molar-refractivity contribution in [3.8, 4) is 11.5 Å². The lowest BCUT2D eigenvalue weighted by atomic mass is 9.78. The number of carbonyl (C=O) groups excluding carboxylic acids is 1. The summed E-state index contributed by atoms with van der Waals surface area (Å²) in [6.07, 6.45) is 0.594. The summed E-state index contributed by atoms with van der Waals surface area (Å²) in [6, 6.07) is 3.07. The van der Waals surface area contributed by atoms with Crippen molar-refractivity contribution < 1.29 is 28.9 Å². The third-order valence-electron chi connectivity index (χ3n) is 4.59. The third-order valence-corrected chi connectivity index (χ3v) is 4.89. The van der Waals surface area contributed by atoms with Gasteiger partial charge in [-0.25, -0.2) is 0 Å². The van der Waals surface area contributed by atoms with Crippen molar-refractivity contribution in [2.24, 2.45) is 11.8 Å². The van der Waals surface area contributed by atoms with Gasteiger partial charge in [-0.2, -0.15) is 0 Å². The zero-order chi connectivity index (χ0) is 17.4. The van der Waals surface area contributed by atoms with E-state index < -0.39 is 29.8 Å². The highest BCUT2D eigenvalue weighted by Gasteiger charge is 2.55. The number of halogens is 1. The number of carboxylic acid groups (broad SMARTS) is 1. The van der Waals surface area contributed by atoms with Crippen LogP contribution in [0.2, 0.25) is 5.02 Å². The Morgan fingerprint density at radius 3 is 2.38 bits per heavy atom. The fourth-order valence-electron chi connectivity index (χ4n) is 3.50. The molecule has 2 bridgehead atoms. The number of aliphatic carboxylic acids is 1. The van der Waals surface area contributed by atoms with Crippen LogP contribution < -0.4 is 14.8 Å². The maximum absolute atomic E-state index is 12.7. The molecule has 3 rings (SSSR count). The quantitative estimate of drug-likeness (QED) is 0.840. The van der Waals surface area contributed by atoms with Gasteiger partial charge in [0, 0.05) is 6.07 Å². The summed E-state index contributed by atoms with van der Waals surface area (Å²) in [4.78, 5) is 24.2. The summed E-state index contributed by atoms with van der Waals surface area (Å²) in [5.74, 6) is -2.19. The molecular weight excluding hydrogens is 338 g/mol. The number of methoxy groups -OCH3 is 2. The number of hydrogen-bond acceptors (Lipinski definition) is 5. The lowest BCUT2D eigenvalue weighted by Gasteiger charge is -2.24. The minimum absolute atomic E-state index is 0.313. The number of anilines is 1. The van der Waals surface area contributed by atoms with Crippen LogP contribution in [0.3, 0.4) is 0 Å². The Balaban J connectivity index is 1.84. The van der Waals surface area contributed by atoms with Gasteiger partial charge in [-0.1, -0.05) is 11.6 Å². The number of ether oxygens (including phenoxy) is 3. The molecule has 2 heterocycles. The van der Waals surface area contributed by atoms with Crippen molar-refractivity contribution in [2.45, 2.75) is 25.0 Å². The molecule has 0 saturated carbocycles. The molecule has 1 aromatic carbocycles. The number of benzene rings is 1. The molecule has 0 aliphatic carbocycles. The minimum atomic E-state index is -1.01. The number of rotatable bonds is 5. The normalized spacial score (nSPS) is 27.8. The van der Waals surface area contributed by atoms with Gasteiger partial charge in [0.15, 0.2) is 0 Å². The highest BCUT2D eigenvalue weighted by molar-refractivity contribution is 6.32. The summed E-state index contributed by atoms with van der Waals surface area (Å²) in [7, 11) is 2.93. The second-order valence-corrected chi connectivity index (χ2v) is 6.26. The first kappa shape index (κ1) is 16.9. The molecule has 8 heteroatoms. The molecule has 2 aliphatic heterocycles. The highest BCUT2D eigenvalue weighted by Crippen LogP contribution is 2.44. The van der Waals surface area contributed by atoms with E-state index in [9.17, 15) is 14.7 Å². The summed E-state index contributed by atoms with van der Waals surface area (Å²) in [6.45, 7) is 0. The zero-order valence-electron chi connectivity index (χ0n) is 13.2. The molecule has 7 nitrogen and oxygen atoms in total. The smallest absolute Gasteiger partial charge is 0.310 e. The predicted octanol–water partition coefficient (Wildman–Crippen LogP) is 2.17. The second kappa shape index (κ2) is 6.49. The van der Waals surface area contributed by atoms with E-state index in [1.807, 2.05) is 0 Å². The van der Waals surface area contributed by atoms with Gasteiger partial charge >= 0.3 is 5.97 Å². The average molecular weight is 356 g/mol. The van der Waals surface area contributed by atoms with Crippen molar-refractivity contribution in [1.29, 1.82) is 0 Å². The fourth-order valence-corrected chi connectivity index (χ4v) is 3.74. The Morgan fingerprint density at radius 2 is 1.79 bits per heavy atom. The fraction of sp³-hybridized carbons (Fsp3) is 0.500. The second-order valence-electron chi connectivity index (χ2n) is 5.86. The maximum Gasteiger partial charge on any atom is 0.310 e. The Bertz CT molecular complexity index is 679. The number of amides is 1. The van der Waals surface area contributed by atoms with Gasteiger partial charge in [0.25, 0.3) is 0 Å². The number of fused-ring (bicyclic) bond motifs is 2. The van der Waals surface area contributed by atoms with Crippen molar-refractivity contribution >= 4 is 29.2 Å². The average Bonchev–Trinajstić information content (AvgIpc) is 3.16. The van der Waals surface area contributed by atoms with Gasteiger partial charge in [-0.3, -0.25) is 9.59 Å². The third kappa shape index (κ3) is 2.78. The maximum atomic E-state index is 12.7. The van der Waals surface area contributed by atoms with Crippen LogP contribution in [0.15, 0.2) is 12.1 Å². The largest absolute Gasteiger partial charge is 0.495 e. The lowest BCUT2D eigenvalue weighted by molar-refractivity contribution is -0.147. The summed E-state index contributed by atoms with van der Waals surface area (Å²) in [5.41, 5.74) is 0.361. The van der Waals surface area contributed by atoms with Gasteiger partial charge in [0.05, 0.1) is 49.0 Å². The molecule has 130 valence electrons. The molecule has 4 atom stereocenters. The van der Waals surface area contributed by atoms with Crippen molar-refractivity contribution in [2.75, 3.05) is 19.5 Å². The Hall–Kier alpha value is -1.99. The first-order chi connectivity index (χ1) is 11.5. The molecule has 2 fully saturated rings. The van der Waals surface area contributed by atoms with Crippen molar-refractivity contribution in [3.05, 3.63) is 17.2 Å². The van der Waals surface area contributed by atoms with Crippen LogP contribution in [0.1, 0.15) is 12.8 Å². The van der Waals surface area contributed by atoms with Crippen LogP contribution in [0, 0.1) is 11.8 Å². The summed E-state index contributed by atoms with van der Waals surface area (Å²) in [5, 5.41) is 12.4. The SMILES string of the molecule is COc1cc(OC)c(NC(=O)[C@H]2[C@H](C(=O)O)[C@H]3CC[C@H]2O3)cc1Cl. The van der Waals surface area contributed by atoms with Crippen LogP contribution >= 0.6 is 11.6 Å². The molecule has 1 amide bonds. The van der Waals surface area contributed by atoms with E-state index in [1.165, 1.54) is 20.3 Å². The van der Waals surface area contributed by atoms with Crippen LogP contribution in [-0.4, -0.2) is 43.4 Å². The molecule has 2 saturated heterocycles. The number of carboxylic acids is 1. The number of nitrogens with one attached hydrogen (secondary N) is 1. The van der Waals surface area contributed by atoms with Crippen LogP contribution in [0.4, 0.5) is 5.69 Å². The van der Waals surface area contributed by atoms with Crippen LogP contribution in [0.25, 0.3) is 0 Å². The van der Waals surface area contributed by atoms with Gasteiger partial charge in [-0.15, -0.1) is 0 Å². The van der Waals surface area contributed by atoms with E-state index in [-0.39, 0.29) is 6.10 Å². The Morgan fingerprint density at radius 1 is 1.17 bits per heavy atom. The highest BCUT2D eigenvalue weighted by atomic mass is 35.5. The lowest BCUT2D eigenvalue weighted by Crippen LogP contribution is -2.41. The molecule has 2 N–H and O–H groups in total. The van der Waals surface area contributed by atoms with E-state index in [0.29, 0.717) is 35.1 Å². The van der Waals surface area contributed by atoms with Gasteiger partial charge in [-0.05, 0) is 18.9 Å². The molecule has 0 unspecified atom stereocenters. The molecule has 0 spiro atoms. The van der Waals surface area contributed by atoms with Gasteiger partial charge in [0.2, 0.25) is 5.91 Å². The monoisotopic (exact) mass is 355 g/mol. The molecule has 24 heavy (non-hydrogen) atoms. The van der Waals surface area contributed by atoms with Crippen molar-refractivity contribution in [3.63, 3.8) is 0 Å². The molecule has 0 aromatic heterocycles. The van der Waals surface area contributed by atoms with E-state index in [1.54, 1.807) is 6.07 Å². The molecule has 1 aromatic rings. The van der Waals surface area contributed by atoms with Crippen LogP contribution in [0.5, 0.6) is 11.5 Å². The molecule has 2 aliphatic rings. The first-order valence-electron chi connectivity index (χ1n) is 7.57. The van der Waals surface area contributed by atoms with E-state index in [4.69, 9.17) is 25.8 Å². The van der Waals surface area contributed by atoms with Crippen molar-refractivity contribution in [1.82, 2.24) is 0 Å². The topological polar surface area (TPSA) is 94.1 Å². The zero-order valence-corrected chi connectivity index (χ0v) is 14.0. The first-order valence-corrected chi connectivity index (χ1v) is 7.94. The van der Waals surface area contributed by atoms with Crippen LogP contribution in [-0.2, 0) is 14.3 Å². The Labute approximate surface area is 143 Å². The number of hydrogen-bond donors (Lipinski definition) is 2. The number of carbonyl (C=O) groups is 2. The predicted molar refractivity (Wildman–Crippen MR) is 85.7 cm³/mol. The molecular formula is C16H18ClNO6.